The van der Waals surface area contributed by atoms with Crippen molar-refractivity contribution >= 4 is 23.2 Å². The van der Waals surface area contributed by atoms with E-state index in [2.05, 4.69) is 21.7 Å². The molecule has 114 valence electrons. The van der Waals surface area contributed by atoms with Crippen molar-refractivity contribution in [2.24, 2.45) is 5.92 Å². The number of thiophene rings is 1. The van der Waals surface area contributed by atoms with Crippen LogP contribution in [0.3, 0.4) is 0 Å². The maximum atomic E-state index is 12.5. The van der Waals surface area contributed by atoms with Crippen LogP contribution >= 0.6 is 11.3 Å². The Morgan fingerprint density at radius 2 is 2.19 bits per heavy atom. The van der Waals surface area contributed by atoms with Gasteiger partial charge in [-0.2, -0.15) is 0 Å². The van der Waals surface area contributed by atoms with Crippen LogP contribution in [0.2, 0.25) is 0 Å². The monoisotopic (exact) mass is 307 g/mol. The number of fused-ring (bicyclic) bond motifs is 1. The molecule has 2 amide bonds. The van der Waals surface area contributed by atoms with Gasteiger partial charge in [0, 0.05) is 31.1 Å². The van der Waals surface area contributed by atoms with Crippen molar-refractivity contribution in [1.82, 2.24) is 15.1 Å². The van der Waals surface area contributed by atoms with E-state index in [0.717, 1.165) is 13.1 Å². The second-order valence-electron chi connectivity index (χ2n) is 6.09. The highest BCUT2D eigenvalue weighted by molar-refractivity contribution is 7.09. The molecular weight excluding hydrogens is 286 g/mol. The minimum absolute atomic E-state index is 0.0100. The number of nitrogens with zero attached hydrogens (tertiary/aromatic N) is 2. The summed E-state index contributed by atoms with van der Waals surface area (Å²) in [6.45, 7) is 6.90. The number of hydrogen-bond donors (Lipinski definition) is 1. The van der Waals surface area contributed by atoms with Gasteiger partial charge >= 0.3 is 0 Å². The fraction of sp³-hybridized carbons (Fsp3) is 0.600. The Labute approximate surface area is 128 Å². The minimum atomic E-state index is -0.363. The number of piperazine rings is 2. The molecule has 21 heavy (non-hydrogen) atoms. The van der Waals surface area contributed by atoms with Crippen LogP contribution in [0.4, 0.5) is 0 Å². The van der Waals surface area contributed by atoms with Crippen molar-refractivity contribution in [3.63, 3.8) is 0 Å². The first-order chi connectivity index (χ1) is 10.1. The third-order valence-electron chi connectivity index (χ3n) is 4.24. The molecule has 0 unspecified atom stereocenters. The lowest BCUT2D eigenvalue weighted by Gasteiger charge is -2.46. The van der Waals surface area contributed by atoms with E-state index in [0.29, 0.717) is 13.1 Å². The van der Waals surface area contributed by atoms with Crippen molar-refractivity contribution < 1.29 is 9.59 Å². The highest BCUT2D eigenvalue weighted by Gasteiger charge is 2.44. The summed E-state index contributed by atoms with van der Waals surface area (Å²) in [5.41, 5.74) is 0. The largest absolute Gasteiger partial charge is 0.342 e. The molecule has 2 aliphatic heterocycles. The smallest absolute Gasteiger partial charge is 0.246 e. The zero-order valence-corrected chi connectivity index (χ0v) is 13.2. The highest BCUT2D eigenvalue weighted by Crippen LogP contribution is 2.21. The number of carbonyl (C=O) groups excluding carboxylic acids is 2. The van der Waals surface area contributed by atoms with E-state index in [9.17, 15) is 9.59 Å². The normalized spacial score (nSPS) is 26.9. The second-order valence-corrected chi connectivity index (χ2v) is 7.12. The zero-order valence-electron chi connectivity index (χ0n) is 12.4. The summed E-state index contributed by atoms with van der Waals surface area (Å²) in [4.78, 5) is 30.1. The molecule has 0 saturated carbocycles. The van der Waals surface area contributed by atoms with Crippen LogP contribution in [0.25, 0.3) is 0 Å². The van der Waals surface area contributed by atoms with Gasteiger partial charge in [-0.05, 0) is 17.4 Å². The lowest BCUT2D eigenvalue weighted by Crippen LogP contribution is -2.69. The van der Waals surface area contributed by atoms with Crippen LogP contribution in [-0.4, -0.2) is 53.3 Å². The molecule has 3 rings (SSSR count). The van der Waals surface area contributed by atoms with Crippen molar-refractivity contribution in [1.29, 1.82) is 0 Å². The SMILES string of the molecule is CC(C)[C@@H]1NC(=O)[C@H]2CN(Cc3cccs3)CCN2C1=O. The fourth-order valence-electron chi connectivity index (χ4n) is 3.04. The fourth-order valence-corrected chi connectivity index (χ4v) is 3.78. The molecule has 2 saturated heterocycles. The van der Waals surface area contributed by atoms with Crippen LogP contribution in [0.5, 0.6) is 0 Å². The van der Waals surface area contributed by atoms with E-state index in [1.165, 1.54) is 4.88 Å². The summed E-state index contributed by atoms with van der Waals surface area (Å²) in [6.07, 6.45) is 0. The molecule has 2 fully saturated rings. The Morgan fingerprint density at radius 3 is 2.86 bits per heavy atom. The summed E-state index contributed by atoms with van der Waals surface area (Å²) in [6, 6.07) is 3.46. The van der Waals surface area contributed by atoms with E-state index < -0.39 is 0 Å². The van der Waals surface area contributed by atoms with Crippen LogP contribution < -0.4 is 5.32 Å². The van der Waals surface area contributed by atoms with E-state index >= 15 is 0 Å². The zero-order chi connectivity index (χ0) is 15.0. The number of carbonyl (C=O) groups is 2. The molecule has 0 radical (unpaired) electrons. The average molecular weight is 307 g/mol. The van der Waals surface area contributed by atoms with Crippen LogP contribution in [-0.2, 0) is 16.1 Å². The highest BCUT2D eigenvalue weighted by atomic mass is 32.1. The summed E-state index contributed by atoms with van der Waals surface area (Å²) < 4.78 is 0. The third-order valence-corrected chi connectivity index (χ3v) is 5.10. The van der Waals surface area contributed by atoms with E-state index in [-0.39, 0.29) is 29.8 Å². The number of amides is 2. The lowest BCUT2D eigenvalue weighted by atomic mass is 9.96. The summed E-state index contributed by atoms with van der Waals surface area (Å²) in [7, 11) is 0. The first kappa shape index (κ1) is 14.5. The van der Waals surface area contributed by atoms with Crippen LogP contribution in [0.1, 0.15) is 18.7 Å². The van der Waals surface area contributed by atoms with E-state index in [1.807, 2.05) is 19.9 Å². The van der Waals surface area contributed by atoms with Gasteiger partial charge < -0.3 is 10.2 Å². The Kier molecular flexibility index (Phi) is 3.99. The molecule has 0 bridgehead atoms. The van der Waals surface area contributed by atoms with Gasteiger partial charge in [-0.1, -0.05) is 19.9 Å². The molecule has 2 aliphatic rings. The average Bonchev–Trinajstić information content (AvgIpc) is 2.95. The van der Waals surface area contributed by atoms with Crippen molar-refractivity contribution in [3.05, 3.63) is 22.4 Å². The van der Waals surface area contributed by atoms with Gasteiger partial charge in [0.15, 0.2) is 0 Å². The molecule has 0 aliphatic carbocycles. The van der Waals surface area contributed by atoms with Crippen molar-refractivity contribution in [2.75, 3.05) is 19.6 Å². The first-order valence-corrected chi connectivity index (χ1v) is 8.30. The molecule has 2 atom stereocenters. The molecular formula is C15H21N3O2S. The Morgan fingerprint density at radius 1 is 1.38 bits per heavy atom. The maximum absolute atomic E-state index is 12.5. The Balaban J connectivity index is 1.69. The Bertz CT molecular complexity index is 529. The van der Waals surface area contributed by atoms with Crippen molar-refractivity contribution in [3.8, 4) is 0 Å². The van der Waals surface area contributed by atoms with E-state index in [4.69, 9.17) is 0 Å². The van der Waals surface area contributed by atoms with Gasteiger partial charge in [-0.25, -0.2) is 0 Å². The first-order valence-electron chi connectivity index (χ1n) is 7.42. The standard InChI is InChI=1S/C15H21N3O2S/c1-10(2)13-15(20)18-6-5-17(8-11-4-3-7-21-11)9-12(18)14(19)16-13/h3-4,7,10,12-13H,5-6,8-9H2,1-2H3,(H,16,19)/t12-,13+/m1/s1. The molecule has 6 heteroatoms. The molecule has 3 heterocycles. The molecule has 1 aromatic heterocycles. The van der Waals surface area contributed by atoms with Gasteiger partial charge in [0.05, 0.1) is 0 Å². The number of rotatable bonds is 3. The summed E-state index contributed by atoms with van der Waals surface area (Å²) in [5, 5.41) is 4.96. The molecule has 5 nitrogen and oxygen atoms in total. The van der Waals surface area contributed by atoms with Gasteiger partial charge in [0.1, 0.15) is 12.1 Å². The number of hydrogen-bond acceptors (Lipinski definition) is 4. The predicted molar refractivity (Wildman–Crippen MR) is 81.9 cm³/mol. The van der Waals surface area contributed by atoms with E-state index in [1.54, 1.807) is 16.2 Å². The van der Waals surface area contributed by atoms with Crippen LogP contribution in [0, 0.1) is 5.92 Å². The lowest BCUT2D eigenvalue weighted by molar-refractivity contribution is -0.154. The Hall–Kier alpha value is -1.40. The summed E-state index contributed by atoms with van der Waals surface area (Å²) >= 11 is 1.73. The molecule has 1 N–H and O–H groups in total. The van der Waals surface area contributed by atoms with Gasteiger partial charge in [-0.15, -0.1) is 11.3 Å². The molecule has 1 aromatic rings. The topological polar surface area (TPSA) is 52.7 Å². The van der Waals surface area contributed by atoms with Crippen LogP contribution in [0.15, 0.2) is 17.5 Å². The summed E-state index contributed by atoms with van der Waals surface area (Å²) in [5.74, 6) is 0.195. The quantitative estimate of drug-likeness (QED) is 0.903. The maximum Gasteiger partial charge on any atom is 0.246 e. The molecule has 0 spiro atoms. The third kappa shape index (κ3) is 2.82. The molecule has 0 aromatic carbocycles. The van der Waals surface area contributed by atoms with Crippen molar-refractivity contribution in [2.45, 2.75) is 32.5 Å². The van der Waals surface area contributed by atoms with Gasteiger partial charge in [0.2, 0.25) is 11.8 Å². The minimum Gasteiger partial charge on any atom is -0.342 e. The predicted octanol–water partition coefficient (Wildman–Crippen LogP) is 0.915. The van der Waals surface area contributed by atoms with Gasteiger partial charge in [-0.3, -0.25) is 14.5 Å². The second kappa shape index (κ2) is 5.77. The number of nitrogens with one attached hydrogen (secondary N) is 1. The van der Waals surface area contributed by atoms with Gasteiger partial charge in [0.25, 0.3) is 0 Å².